The van der Waals surface area contributed by atoms with Gasteiger partial charge < -0.3 is 4.74 Å². The molecule has 6 heteroatoms. The number of amides is 1. The molecule has 0 bridgehead atoms. The number of hydrogen-bond acceptors (Lipinski definition) is 4. The van der Waals surface area contributed by atoms with Crippen molar-refractivity contribution in [2.45, 2.75) is 65.0 Å². The smallest absolute Gasteiger partial charge is 0.416 e. The number of nitrogens with zero attached hydrogens (tertiary/aromatic N) is 2. The van der Waals surface area contributed by atoms with Gasteiger partial charge in [-0.2, -0.15) is 0 Å². The summed E-state index contributed by atoms with van der Waals surface area (Å²) < 4.78 is 6.50. The molecule has 1 saturated carbocycles. The van der Waals surface area contributed by atoms with E-state index in [1.165, 1.54) is 37.0 Å². The van der Waals surface area contributed by atoms with Gasteiger partial charge in [-0.25, -0.2) is 14.7 Å². The minimum absolute atomic E-state index is 0.111. The van der Waals surface area contributed by atoms with Crippen LogP contribution in [0.2, 0.25) is 0 Å². The molecule has 4 nitrogen and oxygen atoms in total. The molecule has 0 radical (unpaired) electrons. The summed E-state index contributed by atoms with van der Waals surface area (Å²) in [7, 11) is 0. The van der Waals surface area contributed by atoms with Gasteiger partial charge in [-0.1, -0.05) is 24.2 Å². The van der Waals surface area contributed by atoms with E-state index in [9.17, 15) is 4.79 Å². The predicted octanol–water partition coefficient (Wildman–Crippen LogP) is 5.23. The molecule has 1 aliphatic carbocycles. The van der Waals surface area contributed by atoms with E-state index in [1.807, 2.05) is 20.8 Å². The highest BCUT2D eigenvalue weighted by Crippen LogP contribution is 2.35. The molecule has 1 aromatic heterocycles. The molecule has 118 valence electrons. The highest BCUT2D eigenvalue weighted by atomic mass is 79.9. The lowest BCUT2D eigenvalue weighted by Gasteiger charge is -2.32. The number of carbonyl (C=O) groups is 1. The Bertz CT molecular complexity index is 492. The van der Waals surface area contributed by atoms with Crippen molar-refractivity contribution in [2.24, 2.45) is 5.92 Å². The average Bonchev–Trinajstić information content (AvgIpc) is 2.98. The molecule has 1 atom stereocenters. The first kappa shape index (κ1) is 16.7. The van der Waals surface area contributed by atoms with Crippen LogP contribution in [0.3, 0.4) is 0 Å². The fourth-order valence-electron chi connectivity index (χ4n) is 2.74. The summed E-state index contributed by atoms with van der Waals surface area (Å²) in [4.78, 5) is 18.7. The van der Waals surface area contributed by atoms with Crippen LogP contribution in [0.5, 0.6) is 0 Å². The Morgan fingerprint density at radius 3 is 2.57 bits per heavy atom. The van der Waals surface area contributed by atoms with Crippen LogP contribution >= 0.6 is 27.3 Å². The van der Waals surface area contributed by atoms with Gasteiger partial charge in [-0.3, -0.25) is 0 Å². The maximum absolute atomic E-state index is 12.6. The molecular formula is C15H23BrN2O2S. The number of halogens is 1. The minimum atomic E-state index is -0.501. The molecule has 0 aliphatic heterocycles. The Hall–Kier alpha value is -0.620. The molecule has 21 heavy (non-hydrogen) atoms. The number of thiazole rings is 1. The first-order valence-corrected chi connectivity index (χ1v) is 9.02. The summed E-state index contributed by atoms with van der Waals surface area (Å²) in [6.45, 7) is 7.78. The van der Waals surface area contributed by atoms with E-state index in [2.05, 4.69) is 27.8 Å². The van der Waals surface area contributed by atoms with Gasteiger partial charge in [0.15, 0.2) is 5.13 Å². The normalized spacial score (nSPS) is 17.8. The maximum Gasteiger partial charge on any atom is 0.416 e. The molecule has 0 spiro atoms. The molecule has 0 saturated heterocycles. The highest BCUT2D eigenvalue weighted by molar-refractivity contribution is 9.11. The molecule has 1 amide bonds. The van der Waals surface area contributed by atoms with Crippen molar-refractivity contribution in [1.29, 1.82) is 0 Å². The van der Waals surface area contributed by atoms with Gasteiger partial charge in [0.1, 0.15) is 5.60 Å². The molecule has 1 unspecified atom stereocenters. The van der Waals surface area contributed by atoms with Crippen LogP contribution in [0.25, 0.3) is 0 Å². The second kappa shape index (κ2) is 6.65. The average molecular weight is 375 g/mol. The predicted molar refractivity (Wildman–Crippen MR) is 89.9 cm³/mol. The zero-order valence-corrected chi connectivity index (χ0v) is 15.5. The SMILES string of the molecule is CC(C1CCCC1)N(C(=O)OC(C)(C)C)c1ncc(Br)s1. The number of anilines is 1. The van der Waals surface area contributed by atoms with E-state index in [4.69, 9.17) is 4.74 Å². The van der Waals surface area contributed by atoms with Gasteiger partial charge in [-0.05, 0) is 62.4 Å². The van der Waals surface area contributed by atoms with Crippen molar-refractivity contribution >= 4 is 38.5 Å². The molecule has 0 aromatic carbocycles. The van der Waals surface area contributed by atoms with E-state index in [-0.39, 0.29) is 12.1 Å². The molecule has 1 fully saturated rings. The maximum atomic E-state index is 12.6. The van der Waals surface area contributed by atoms with Crippen LogP contribution in [0, 0.1) is 5.92 Å². The third-order valence-electron chi connectivity index (χ3n) is 3.75. The summed E-state index contributed by atoms with van der Waals surface area (Å²) in [5.41, 5.74) is -0.501. The Morgan fingerprint density at radius 2 is 2.10 bits per heavy atom. The van der Waals surface area contributed by atoms with Crippen LogP contribution in [0.1, 0.15) is 53.4 Å². The zero-order chi connectivity index (χ0) is 15.6. The third-order valence-corrected chi connectivity index (χ3v) is 5.23. The van der Waals surface area contributed by atoms with Crippen LogP contribution in [-0.2, 0) is 4.74 Å². The monoisotopic (exact) mass is 374 g/mol. The second-order valence-electron chi connectivity index (χ2n) is 6.58. The molecule has 2 rings (SSSR count). The van der Waals surface area contributed by atoms with E-state index in [0.717, 1.165) is 3.79 Å². The van der Waals surface area contributed by atoms with Gasteiger partial charge >= 0.3 is 6.09 Å². The summed E-state index contributed by atoms with van der Waals surface area (Å²) in [5.74, 6) is 0.528. The quantitative estimate of drug-likeness (QED) is 0.727. The summed E-state index contributed by atoms with van der Waals surface area (Å²) in [6, 6.07) is 0.111. The molecule has 0 N–H and O–H groups in total. The second-order valence-corrected chi connectivity index (χ2v) is 8.97. The van der Waals surface area contributed by atoms with E-state index in [1.54, 1.807) is 11.1 Å². The van der Waals surface area contributed by atoms with Crippen molar-refractivity contribution in [3.05, 3.63) is 9.98 Å². The lowest BCUT2D eigenvalue weighted by Crippen LogP contribution is -2.45. The fraction of sp³-hybridized carbons (Fsp3) is 0.733. The van der Waals surface area contributed by atoms with Crippen molar-refractivity contribution in [3.8, 4) is 0 Å². The van der Waals surface area contributed by atoms with Crippen LogP contribution in [-0.4, -0.2) is 22.7 Å². The standard InChI is InChI=1S/C15H23BrN2O2S/c1-10(11-7-5-6-8-11)18(13-17-9-12(16)21-13)14(19)20-15(2,3)4/h9-11H,5-8H2,1-4H3. The summed E-state index contributed by atoms with van der Waals surface area (Å²) in [5, 5.41) is 0.704. The lowest BCUT2D eigenvalue weighted by atomic mass is 9.99. The number of carbonyl (C=O) groups excluding carboxylic acids is 1. The van der Waals surface area contributed by atoms with Gasteiger partial charge in [-0.15, -0.1) is 0 Å². The molecule has 1 aromatic rings. The number of aromatic nitrogens is 1. The molecular weight excluding hydrogens is 352 g/mol. The van der Waals surface area contributed by atoms with Crippen molar-refractivity contribution in [1.82, 2.24) is 4.98 Å². The summed E-state index contributed by atoms with van der Waals surface area (Å²) in [6.07, 6.45) is 6.28. The van der Waals surface area contributed by atoms with Gasteiger partial charge in [0.2, 0.25) is 0 Å². The Morgan fingerprint density at radius 1 is 1.48 bits per heavy atom. The number of ether oxygens (including phenoxy) is 1. The minimum Gasteiger partial charge on any atom is -0.443 e. The zero-order valence-electron chi connectivity index (χ0n) is 13.1. The molecule has 1 aliphatic rings. The fourth-order valence-corrected chi connectivity index (χ4v) is 4.00. The van der Waals surface area contributed by atoms with E-state index < -0.39 is 5.60 Å². The lowest BCUT2D eigenvalue weighted by molar-refractivity contribution is 0.0557. The van der Waals surface area contributed by atoms with Gasteiger partial charge in [0.25, 0.3) is 0 Å². The van der Waals surface area contributed by atoms with Gasteiger partial charge in [0.05, 0.1) is 9.98 Å². The first-order valence-electron chi connectivity index (χ1n) is 7.41. The molecule has 1 heterocycles. The third kappa shape index (κ3) is 4.42. The Balaban J connectivity index is 2.23. The number of hydrogen-bond donors (Lipinski definition) is 0. The van der Waals surface area contributed by atoms with E-state index >= 15 is 0 Å². The first-order chi connectivity index (χ1) is 9.78. The van der Waals surface area contributed by atoms with Crippen molar-refractivity contribution in [3.63, 3.8) is 0 Å². The van der Waals surface area contributed by atoms with Crippen molar-refractivity contribution in [2.75, 3.05) is 4.90 Å². The Labute approximate surface area is 139 Å². The highest BCUT2D eigenvalue weighted by Gasteiger charge is 2.34. The Kier molecular flexibility index (Phi) is 5.30. The largest absolute Gasteiger partial charge is 0.443 e. The van der Waals surface area contributed by atoms with Gasteiger partial charge in [0, 0.05) is 6.04 Å². The topological polar surface area (TPSA) is 42.4 Å². The van der Waals surface area contributed by atoms with E-state index in [0.29, 0.717) is 11.0 Å². The van der Waals surface area contributed by atoms with Crippen LogP contribution in [0.15, 0.2) is 9.98 Å². The summed E-state index contributed by atoms with van der Waals surface area (Å²) >= 11 is 4.89. The van der Waals surface area contributed by atoms with Crippen LogP contribution in [0.4, 0.5) is 9.93 Å². The van der Waals surface area contributed by atoms with Crippen LogP contribution < -0.4 is 4.90 Å². The van der Waals surface area contributed by atoms with Crippen molar-refractivity contribution < 1.29 is 9.53 Å². The number of rotatable bonds is 3.